The van der Waals surface area contributed by atoms with Crippen LogP contribution in [-0.2, 0) is 13.1 Å². The van der Waals surface area contributed by atoms with Gasteiger partial charge in [-0.3, -0.25) is 0 Å². The minimum atomic E-state index is 0. The number of nitrogens with two attached hydrogens (primary N) is 1. The zero-order valence-corrected chi connectivity index (χ0v) is 18.1. The summed E-state index contributed by atoms with van der Waals surface area (Å²) in [4.78, 5) is 6.58. The van der Waals surface area contributed by atoms with Gasteiger partial charge >= 0.3 is 0 Å². The number of guanidine groups is 1. The SMILES string of the molecule is CN(C)Cc1cccc(CN=C(N)Nc2ccc3c(c2)OCCCO3)c1.I. The first-order chi connectivity index (χ1) is 12.6. The van der Waals surface area contributed by atoms with E-state index < -0.39 is 0 Å². The highest BCUT2D eigenvalue weighted by Gasteiger charge is 2.10. The fraction of sp³-hybridized carbons (Fsp3) is 0.350. The van der Waals surface area contributed by atoms with E-state index in [0.29, 0.717) is 25.7 Å². The molecule has 7 heteroatoms. The van der Waals surface area contributed by atoms with Gasteiger partial charge in [-0.25, -0.2) is 4.99 Å². The van der Waals surface area contributed by atoms with Gasteiger partial charge in [-0.15, -0.1) is 24.0 Å². The lowest BCUT2D eigenvalue weighted by molar-refractivity contribution is 0.297. The molecule has 0 saturated carbocycles. The predicted molar refractivity (Wildman–Crippen MR) is 120 cm³/mol. The number of hydrogen-bond acceptors (Lipinski definition) is 4. The van der Waals surface area contributed by atoms with Crippen molar-refractivity contribution in [3.05, 3.63) is 53.6 Å². The molecule has 0 amide bonds. The largest absolute Gasteiger partial charge is 0.490 e. The number of aliphatic imine (C=N–C) groups is 1. The first-order valence-electron chi connectivity index (χ1n) is 8.79. The molecule has 1 aliphatic rings. The number of hydrogen-bond donors (Lipinski definition) is 2. The second kappa shape index (κ2) is 10.4. The Balaban J connectivity index is 0.00000261. The smallest absolute Gasteiger partial charge is 0.193 e. The summed E-state index contributed by atoms with van der Waals surface area (Å²) in [5, 5.41) is 3.11. The third kappa shape index (κ3) is 6.59. The molecule has 2 aromatic carbocycles. The van der Waals surface area contributed by atoms with Gasteiger partial charge in [0.25, 0.3) is 0 Å². The Labute approximate surface area is 177 Å². The standard InChI is InChI=1S/C20H26N4O2.HI/c1-24(2)14-16-6-3-5-15(11-16)13-22-20(21)23-17-7-8-18-19(12-17)26-10-4-9-25-18;/h3,5-8,11-12H,4,9-10,13-14H2,1-2H3,(H3,21,22,23);1H. The Bertz CT molecular complexity index is 780. The minimum Gasteiger partial charge on any atom is -0.490 e. The lowest BCUT2D eigenvalue weighted by Crippen LogP contribution is -2.22. The van der Waals surface area contributed by atoms with Crippen molar-refractivity contribution in [3.8, 4) is 11.5 Å². The zero-order valence-electron chi connectivity index (χ0n) is 15.8. The molecule has 0 spiro atoms. The number of benzene rings is 2. The van der Waals surface area contributed by atoms with E-state index in [1.165, 1.54) is 5.56 Å². The maximum atomic E-state index is 6.04. The van der Waals surface area contributed by atoms with E-state index in [1.807, 2.05) is 18.2 Å². The second-order valence-electron chi connectivity index (χ2n) is 6.60. The molecular formula is C20H27IN4O2. The van der Waals surface area contributed by atoms with Crippen molar-refractivity contribution in [2.45, 2.75) is 19.5 Å². The van der Waals surface area contributed by atoms with Crippen LogP contribution in [0, 0.1) is 0 Å². The monoisotopic (exact) mass is 482 g/mol. The van der Waals surface area contributed by atoms with Gasteiger partial charge in [-0.05, 0) is 37.4 Å². The maximum absolute atomic E-state index is 6.04. The van der Waals surface area contributed by atoms with Crippen LogP contribution in [0.4, 0.5) is 5.69 Å². The highest BCUT2D eigenvalue weighted by atomic mass is 127. The van der Waals surface area contributed by atoms with E-state index >= 15 is 0 Å². The van der Waals surface area contributed by atoms with Crippen molar-refractivity contribution < 1.29 is 9.47 Å². The molecule has 6 nitrogen and oxygen atoms in total. The molecule has 0 aliphatic carbocycles. The van der Waals surface area contributed by atoms with Crippen molar-refractivity contribution in [2.24, 2.45) is 10.7 Å². The summed E-state index contributed by atoms with van der Waals surface area (Å²) < 4.78 is 11.3. The number of rotatable bonds is 5. The van der Waals surface area contributed by atoms with Crippen LogP contribution in [-0.4, -0.2) is 38.2 Å². The number of halogens is 1. The Morgan fingerprint density at radius 2 is 1.81 bits per heavy atom. The van der Waals surface area contributed by atoms with Gasteiger partial charge < -0.3 is 25.4 Å². The Morgan fingerprint density at radius 1 is 1.07 bits per heavy atom. The van der Waals surface area contributed by atoms with Crippen molar-refractivity contribution in [1.82, 2.24) is 4.90 Å². The van der Waals surface area contributed by atoms with Gasteiger partial charge in [0.15, 0.2) is 17.5 Å². The number of fused-ring (bicyclic) bond motifs is 1. The molecule has 0 unspecified atom stereocenters. The molecule has 0 fully saturated rings. The average Bonchev–Trinajstić information content (AvgIpc) is 2.85. The minimum absolute atomic E-state index is 0. The van der Waals surface area contributed by atoms with Gasteiger partial charge in [0.2, 0.25) is 0 Å². The van der Waals surface area contributed by atoms with Crippen LogP contribution in [0.5, 0.6) is 11.5 Å². The van der Waals surface area contributed by atoms with Gasteiger partial charge in [0, 0.05) is 24.7 Å². The number of nitrogens with zero attached hydrogens (tertiary/aromatic N) is 2. The van der Waals surface area contributed by atoms with E-state index in [1.54, 1.807) is 0 Å². The van der Waals surface area contributed by atoms with Crippen LogP contribution in [0.2, 0.25) is 0 Å². The highest BCUT2D eigenvalue weighted by molar-refractivity contribution is 14.0. The molecule has 2 aromatic rings. The molecule has 1 heterocycles. The molecule has 0 aromatic heterocycles. The lowest BCUT2D eigenvalue weighted by Gasteiger charge is -2.11. The van der Waals surface area contributed by atoms with Crippen molar-refractivity contribution >= 4 is 35.6 Å². The first kappa shape index (κ1) is 21.3. The number of anilines is 1. The molecule has 27 heavy (non-hydrogen) atoms. The maximum Gasteiger partial charge on any atom is 0.193 e. The number of nitrogens with one attached hydrogen (secondary N) is 1. The van der Waals surface area contributed by atoms with Crippen LogP contribution >= 0.6 is 24.0 Å². The topological polar surface area (TPSA) is 72.1 Å². The Hall–Kier alpha value is -2.00. The average molecular weight is 482 g/mol. The molecule has 3 rings (SSSR count). The van der Waals surface area contributed by atoms with Crippen LogP contribution in [0.1, 0.15) is 17.5 Å². The zero-order chi connectivity index (χ0) is 18.4. The van der Waals surface area contributed by atoms with Crippen LogP contribution in [0.3, 0.4) is 0 Å². The second-order valence-corrected chi connectivity index (χ2v) is 6.60. The summed E-state index contributed by atoms with van der Waals surface area (Å²) in [6.45, 7) is 2.77. The van der Waals surface area contributed by atoms with E-state index in [0.717, 1.165) is 35.7 Å². The Kier molecular flexibility index (Phi) is 8.18. The fourth-order valence-corrected chi connectivity index (χ4v) is 2.80. The van der Waals surface area contributed by atoms with E-state index in [2.05, 4.69) is 53.6 Å². The van der Waals surface area contributed by atoms with Crippen molar-refractivity contribution in [3.63, 3.8) is 0 Å². The highest BCUT2D eigenvalue weighted by Crippen LogP contribution is 2.32. The summed E-state index contributed by atoms with van der Waals surface area (Å²) in [6.07, 6.45) is 0.883. The first-order valence-corrected chi connectivity index (χ1v) is 8.79. The predicted octanol–water partition coefficient (Wildman–Crippen LogP) is 3.45. The van der Waals surface area contributed by atoms with E-state index in [9.17, 15) is 0 Å². The summed E-state index contributed by atoms with van der Waals surface area (Å²) in [5.41, 5.74) is 9.26. The summed E-state index contributed by atoms with van der Waals surface area (Å²) in [6, 6.07) is 14.1. The summed E-state index contributed by atoms with van der Waals surface area (Å²) >= 11 is 0. The molecule has 0 bridgehead atoms. The molecule has 146 valence electrons. The van der Waals surface area contributed by atoms with Crippen LogP contribution < -0.4 is 20.5 Å². The van der Waals surface area contributed by atoms with Crippen molar-refractivity contribution in [1.29, 1.82) is 0 Å². The normalized spacial score (nSPS) is 13.7. The summed E-state index contributed by atoms with van der Waals surface area (Å²) in [7, 11) is 4.12. The molecule has 3 N–H and O–H groups in total. The van der Waals surface area contributed by atoms with Gasteiger partial charge in [-0.2, -0.15) is 0 Å². The van der Waals surface area contributed by atoms with Gasteiger partial charge in [0.1, 0.15) is 0 Å². The number of ether oxygens (including phenoxy) is 2. The molecular weight excluding hydrogens is 455 g/mol. The lowest BCUT2D eigenvalue weighted by atomic mass is 10.1. The van der Waals surface area contributed by atoms with E-state index in [-0.39, 0.29) is 24.0 Å². The third-order valence-electron chi connectivity index (χ3n) is 3.94. The Morgan fingerprint density at radius 3 is 2.59 bits per heavy atom. The van der Waals surface area contributed by atoms with Gasteiger partial charge in [-0.1, -0.05) is 24.3 Å². The summed E-state index contributed by atoms with van der Waals surface area (Å²) in [5.74, 6) is 1.87. The fourth-order valence-electron chi connectivity index (χ4n) is 2.80. The molecule has 0 saturated heterocycles. The van der Waals surface area contributed by atoms with E-state index in [4.69, 9.17) is 15.2 Å². The third-order valence-corrected chi connectivity index (χ3v) is 3.94. The molecule has 0 atom stereocenters. The van der Waals surface area contributed by atoms with Crippen molar-refractivity contribution in [2.75, 3.05) is 32.6 Å². The van der Waals surface area contributed by atoms with Crippen LogP contribution in [0.15, 0.2) is 47.5 Å². The quantitative estimate of drug-likeness (QED) is 0.388. The molecule has 0 radical (unpaired) electrons. The van der Waals surface area contributed by atoms with Crippen LogP contribution in [0.25, 0.3) is 0 Å². The van der Waals surface area contributed by atoms with Gasteiger partial charge in [0.05, 0.1) is 19.8 Å². The molecule has 1 aliphatic heterocycles.